The Morgan fingerprint density at radius 3 is 2.60 bits per heavy atom. The summed E-state index contributed by atoms with van der Waals surface area (Å²) >= 11 is 0. The minimum absolute atomic E-state index is 0.00347. The number of aromatic nitrogens is 3. The van der Waals surface area contributed by atoms with Crippen molar-refractivity contribution in [2.45, 2.75) is 34.2 Å². The smallest absolute Gasteiger partial charge is 0.341 e. The first kappa shape index (κ1) is 24.0. The number of amides is 1. The first-order chi connectivity index (χ1) is 16.7. The normalized spacial score (nSPS) is 12.0. The minimum atomic E-state index is -0.736. The molecule has 1 aromatic carbocycles. The van der Waals surface area contributed by atoms with Crippen LogP contribution in [0.25, 0.3) is 16.7 Å². The molecule has 0 unspecified atom stereocenters. The van der Waals surface area contributed by atoms with Crippen LogP contribution in [0.1, 0.15) is 47.1 Å². The molecule has 1 amide bonds. The van der Waals surface area contributed by atoms with Crippen LogP contribution in [0.4, 0.5) is 4.39 Å². The number of carbonyl (C=O) groups is 2. The van der Waals surface area contributed by atoms with Gasteiger partial charge < -0.3 is 9.30 Å². The van der Waals surface area contributed by atoms with Gasteiger partial charge in [-0.2, -0.15) is 4.99 Å². The van der Waals surface area contributed by atoms with Crippen LogP contribution in [0.5, 0.6) is 0 Å². The van der Waals surface area contributed by atoms with Gasteiger partial charge in [0.05, 0.1) is 12.0 Å². The Balaban J connectivity index is 2.16. The summed E-state index contributed by atoms with van der Waals surface area (Å²) in [6, 6.07) is 10.1. The molecule has 9 heteroatoms. The van der Waals surface area contributed by atoms with E-state index in [4.69, 9.17) is 9.72 Å². The number of hydrogen-bond donors (Lipinski definition) is 0. The molecule has 0 N–H and O–H groups in total. The van der Waals surface area contributed by atoms with Gasteiger partial charge in [0.2, 0.25) is 0 Å². The zero-order valence-corrected chi connectivity index (χ0v) is 19.9. The molecule has 0 bridgehead atoms. The van der Waals surface area contributed by atoms with E-state index in [0.29, 0.717) is 12.2 Å². The molecule has 0 aliphatic rings. The molecule has 3 aromatic heterocycles. The van der Waals surface area contributed by atoms with E-state index in [9.17, 15) is 18.8 Å². The molecule has 0 aliphatic heterocycles. The fourth-order valence-corrected chi connectivity index (χ4v) is 3.89. The molecule has 35 heavy (non-hydrogen) atoms. The van der Waals surface area contributed by atoms with Gasteiger partial charge in [0.1, 0.15) is 22.7 Å². The van der Waals surface area contributed by atoms with E-state index in [1.54, 1.807) is 23.8 Å². The first-order valence-corrected chi connectivity index (χ1v) is 11.3. The third-order valence-corrected chi connectivity index (χ3v) is 5.43. The Morgan fingerprint density at radius 1 is 1.14 bits per heavy atom. The van der Waals surface area contributed by atoms with Crippen molar-refractivity contribution < 1.29 is 18.7 Å². The fraction of sp³-hybridized carbons (Fsp3) is 0.269. The van der Waals surface area contributed by atoms with Gasteiger partial charge in [-0.25, -0.2) is 14.2 Å². The molecule has 3 heterocycles. The highest BCUT2D eigenvalue weighted by atomic mass is 19.1. The van der Waals surface area contributed by atoms with Crippen LogP contribution in [0.3, 0.4) is 0 Å². The largest absolute Gasteiger partial charge is 0.462 e. The van der Waals surface area contributed by atoms with Crippen LogP contribution in [-0.2, 0) is 11.3 Å². The minimum Gasteiger partial charge on any atom is -0.462 e. The zero-order valence-electron chi connectivity index (χ0n) is 19.9. The van der Waals surface area contributed by atoms with Crippen molar-refractivity contribution >= 4 is 28.6 Å². The van der Waals surface area contributed by atoms with Crippen molar-refractivity contribution in [2.75, 3.05) is 6.61 Å². The van der Waals surface area contributed by atoms with Crippen molar-refractivity contribution in [3.63, 3.8) is 0 Å². The number of esters is 1. The fourth-order valence-electron chi connectivity index (χ4n) is 3.89. The summed E-state index contributed by atoms with van der Waals surface area (Å²) in [5.41, 5.74) is 1.15. The van der Waals surface area contributed by atoms with E-state index in [1.807, 2.05) is 26.8 Å². The number of rotatable bonds is 5. The topological polar surface area (TPSA) is 95.0 Å². The van der Waals surface area contributed by atoms with Crippen LogP contribution < -0.4 is 11.0 Å². The van der Waals surface area contributed by atoms with Gasteiger partial charge in [-0.3, -0.25) is 14.0 Å². The standard InChI is InChI=1S/C26H25FN4O4/c1-5-35-26(34)20-13-19-22(28-21-16(4)8-7-11-30(21)25(19)33)31(14-15(2)3)23(20)29-24(32)17-9-6-10-18(27)12-17/h6-13,15H,5,14H2,1-4H3. The molecule has 4 aromatic rings. The van der Waals surface area contributed by atoms with Gasteiger partial charge in [0.25, 0.3) is 11.5 Å². The molecular formula is C26H25FN4O4. The molecule has 0 aliphatic carbocycles. The molecule has 0 atom stereocenters. The van der Waals surface area contributed by atoms with Crippen LogP contribution >= 0.6 is 0 Å². The lowest BCUT2D eigenvalue weighted by Gasteiger charge is -2.17. The number of hydrogen-bond acceptors (Lipinski definition) is 5. The lowest BCUT2D eigenvalue weighted by atomic mass is 10.1. The van der Waals surface area contributed by atoms with E-state index in [0.717, 1.165) is 11.6 Å². The molecule has 0 fully saturated rings. The Hall–Kier alpha value is -4.14. The van der Waals surface area contributed by atoms with Crippen molar-refractivity contribution in [2.24, 2.45) is 10.9 Å². The maximum absolute atomic E-state index is 13.7. The van der Waals surface area contributed by atoms with Gasteiger partial charge in [-0.1, -0.05) is 26.0 Å². The summed E-state index contributed by atoms with van der Waals surface area (Å²) in [4.78, 5) is 48.3. The van der Waals surface area contributed by atoms with Crippen LogP contribution in [0.15, 0.2) is 58.4 Å². The third-order valence-electron chi connectivity index (χ3n) is 5.43. The number of benzene rings is 1. The average molecular weight is 477 g/mol. The maximum Gasteiger partial charge on any atom is 0.341 e. The molecular weight excluding hydrogens is 451 g/mol. The summed E-state index contributed by atoms with van der Waals surface area (Å²) in [6.07, 6.45) is 1.61. The number of ether oxygens (including phenoxy) is 1. The molecule has 0 spiro atoms. The Bertz CT molecular complexity index is 1600. The summed E-state index contributed by atoms with van der Waals surface area (Å²) in [6.45, 7) is 7.80. The number of carbonyl (C=O) groups excluding carboxylic acids is 2. The second kappa shape index (κ2) is 9.61. The van der Waals surface area contributed by atoms with Gasteiger partial charge in [0.15, 0.2) is 5.49 Å². The van der Waals surface area contributed by atoms with Crippen molar-refractivity contribution in [1.82, 2.24) is 14.0 Å². The zero-order chi connectivity index (χ0) is 25.3. The number of halogens is 1. The predicted molar refractivity (Wildman–Crippen MR) is 129 cm³/mol. The molecule has 4 rings (SSSR count). The maximum atomic E-state index is 13.7. The summed E-state index contributed by atoms with van der Waals surface area (Å²) < 4.78 is 22.0. The van der Waals surface area contributed by atoms with Gasteiger partial charge in [-0.05, 0) is 55.7 Å². The van der Waals surface area contributed by atoms with Gasteiger partial charge in [0, 0.05) is 18.3 Å². The number of pyridine rings is 2. The average Bonchev–Trinajstić information content (AvgIpc) is 2.81. The van der Waals surface area contributed by atoms with Crippen molar-refractivity contribution in [3.05, 3.63) is 87.0 Å². The Kier molecular flexibility index (Phi) is 6.59. The molecule has 0 saturated carbocycles. The first-order valence-electron chi connectivity index (χ1n) is 11.3. The van der Waals surface area contributed by atoms with Crippen LogP contribution in [-0.4, -0.2) is 32.4 Å². The molecule has 8 nitrogen and oxygen atoms in total. The lowest BCUT2D eigenvalue weighted by molar-refractivity contribution is 0.0523. The molecule has 0 saturated heterocycles. The highest BCUT2D eigenvalue weighted by Gasteiger charge is 2.21. The van der Waals surface area contributed by atoms with Crippen LogP contribution in [0.2, 0.25) is 0 Å². The van der Waals surface area contributed by atoms with E-state index in [2.05, 4.69) is 4.99 Å². The highest BCUT2D eigenvalue weighted by Crippen LogP contribution is 2.15. The SMILES string of the molecule is CCOC(=O)c1cc2c(=O)n3cccc(C)c3nc2n(CC(C)C)c1=NC(=O)c1cccc(F)c1. The van der Waals surface area contributed by atoms with Gasteiger partial charge in [-0.15, -0.1) is 0 Å². The monoisotopic (exact) mass is 476 g/mol. The second-order valence-electron chi connectivity index (χ2n) is 8.57. The van der Waals surface area contributed by atoms with Gasteiger partial charge >= 0.3 is 5.97 Å². The van der Waals surface area contributed by atoms with E-state index in [1.165, 1.54) is 28.7 Å². The quantitative estimate of drug-likeness (QED) is 0.324. The van der Waals surface area contributed by atoms with Crippen molar-refractivity contribution in [3.8, 4) is 0 Å². The third kappa shape index (κ3) is 4.62. The summed E-state index contributed by atoms with van der Waals surface area (Å²) in [5, 5.41) is 0.189. The van der Waals surface area contributed by atoms with E-state index in [-0.39, 0.29) is 45.7 Å². The molecule has 0 radical (unpaired) electrons. The van der Waals surface area contributed by atoms with Crippen molar-refractivity contribution in [1.29, 1.82) is 0 Å². The number of aryl methyl sites for hydroxylation is 1. The predicted octanol–water partition coefficient (Wildman–Crippen LogP) is 3.67. The number of fused-ring (bicyclic) bond motifs is 2. The lowest BCUT2D eigenvalue weighted by Crippen LogP contribution is -2.34. The number of nitrogens with zero attached hydrogens (tertiary/aromatic N) is 4. The van der Waals surface area contributed by atoms with E-state index < -0.39 is 17.7 Å². The van der Waals surface area contributed by atoms with E-state index >= 15 is 0 Å². The highest BCUT2D eigenvalue weighted by molar-refractivity contribution is 5.97. The van der Waals surface area contributed by atoms with Crippen LogP contribution in [0, 0.1) is 18.7 Å². The summed E-state index contributed by atoms with van der Waals surface area (Å²) in [5.74, 6) is -2.00. The molecule has 180 valence electrons. The summed E-state index contributed by atoms with van der Waals surface area (Å²) in [7, 11) is 0. The Morgan fingerprint density at radius 2 is 1.91 bits per heavy atom. The Labute approximate surface area is 200 Å². The second-order valence-corrected chi connectivity index (χ2v) is 8.57.